The van der Waals surface area contributed by atoms with Gasteiger partial charge >= 0.3 is 0 Å². The van der Waals surface area contributed by atoms with E-state index in [0.717, 1.165) is 12.8 Å². The lowest BCUT2D eigenvalue weighted by molar-refractivity contribution is -0.117. The van der Waals surface area contributed by atoms with Gasteiger partial charge in [-0.1, -0.05) is 32.1 Å². The zero-order valence-electron chi connectivity index (χ0n) is 10.7. The molecule has 0 unspecified atom stereocenters. The summed E-state index contributed by atoms with van der Waals surface area (Å²) >= 11 is 0. The van der Waals surface area contributed by atoms with Crippen LogP contribution in [0.4, 0.5) is 0 Å². The van der Waals surface area contributed by atoms with E-state index in [1.165, 1.54) is 32.1 Å². The maximum Gasteiger partial charge on any atom is 0.244 e. The van der Waals surface area contributed by atoms with Crippen molar-refractivity contribution in [2.45, 2.75) is 51.0 Å². The third kappa shape index (κ3) is 4.40. The van der Waals surface area contributed by atoms with Crippen LogP contribution in [0.3, 0.4) is 0 Å². The number of furan rings is 1. The Hall–Kier alpha value is -1.51. The second kappa shape index (κ2) is 7.04. The summed E-state index contributed by atoms with van der Waals surface area (Å²) in [6, 6.07) is 3.99. The molecule has 2 rings (SSSR count). The Balaban J connectivity index is 1.78. The van der Waals surface area contributed by atoms with E-state index in [9.17, 15) is 4.79 Å². The van der Waals surface area contributed by atoms with Crippen molar-refractivity contribution < 1.29 is 9.21 Å². The van der Waals surface area contributed by atoms with Crippen LogP contribution in [0, 0.1) is 0 Å². The van der Waals surface area contributed by atoms with Gasteiger partial charge in [-0.3, -0.25) is 4.79 Å². The Morgan fingerprint density at radius 3 is 2.61 bits per heavy atom. The van der Waals surface area contributed by atoms with Crippen LogP contribution in [0.5, 0.6) is 0 Å². The predicted octanol–water partition coefficient (Wildman–Crippen LogP) is 3.52. The zero-order valence-corrected chi connectivity index (χ0v) is 10.7. The smallest absolute Gasteiger partial charge is 0.244 e. The lowest BCUT2D eigenvalue weighted by Gasteiger charge is -2.20. The molecule has 1 aromatic heterocycles. The normalized spacial score (nSPS) is 18.4. The summed E-state index contributed by atoms with van der Waals surface area (Å²) in [6.07, 6.45) is 13.5. The van der Waals surface area contributed by atoms with Gasteiger partial charge in [-0.25, -0.2) is 0 Å². The summed E-state index contributed by atoms with van der Waals surface area (Å²) in [5.41, 5.74) is 0. The molecular weight excluding hydrogens is 226 g/mol. The van der Waals surface area contributed by atoms with Crippen molar-refractivity contribution in [2.75, 3.05) is 0 Å². The minimum absolute atomic E-state index is 0.0167. The molecule has 1 amide bonds. The van der Waals surface area contributed by atoms with E-state index in [1.807, 2.05) is 12.1 Å². The van der Waals surface area contributed by atoms with E-state index in [1.54, 1.807) is 18.4 Å². The number of rotatable bonds is 3. The lowest BCUT2D eigenvalue weighted by atomic mass is 9.97. The van der Waals surface area contributed by atoms with E-state index < -0.39 is 0 Å². The third-order valence-corrected chi connectivity index (χ3v) is 3.39. The minimum atomic E-state index is -0.0167. The molecule has 1 heterocycles. The molecule has 1 aromatic rings. The Kier molecular flexibility index (Phi) is 5.06. The molecule has 0 aliphatic heterocycles. The molecule has 1 aliphatic rings. The van der Waals surface area contributed by atoms with Crippen molar-refractivity contribution in [3.8, 4) is 0 Å². The van der Waals surface area contributed by atoms with Crippen LogP contribution in [0.15, 0.2) is 28.9 Å². The highest BCUT2D eigenvalue weighted by Gasteiger charge is 2.12. The van der Waals surface area contributed by atoms with Gasteiger partial charge in [0.15, 0.2) is 0 Å². The van der Waals surface area contributed by atoms with Gasteiger partial charge in [0, 0.05) is 12.1 Å². The summed E-state index contributed by atoms with van der Waals surface area (Å²) < 4.78 is 5.14. The third-order valence-electron chi connectivity index (χ3n) is 3.39. The maximum atomic E-state index is 11.8. The SMILES string of the molecule is O=C(C=Cc1ccco1)NC1CCCCCCC1. The van der Waals surface area contributed by atoms with E-state index in [-0.39, 0.29) is 5.91 Å². The first kappa shape index (κ1) is 12.9. The first-order chi connectivity index (χ1) is 8.84. The number of hydrogen-bond donors (Lipinski definition) is 1. The maximum absolute atomic E-state index is 11.8. The van der Waals surface area contributed by atoms with Crippen LogP contribution in [-0.4, -0.2) is 11.9 Å². The Bertz CT molecular complexity index is 373. The topological polar surface area (TPSA) is 42.2 Å². The standard InChI is InChI=1S/C15H21NO2/c17-15(11-10-14-9-6-12-18-14)16-13-7-4-2-1-3-5-8-13/h6,9-13H,1-5,7-8H2,(H,16,17). The molecule has 0 atom stereocenters. The quantitative estimate of drug-likeness (QED) is 0.830. The largest absolute Gasteiger partial charge is 0.465 e. The van der Waals surface area contributed by atoms with Crippen molar-refractivity contribution in [2.24, 2.45) is 0 Å². The second-order valence-corrected chi connectivity index (χ2v) is 4.90. The fourth-order valence-electron chi connectivity index (χ4n) is 2.39. The van der Waals surface area contributed by atoms with Gasteiger partial charge in [-0.05, 0) is 31.1 Å². The fourth-order valence-corrected chi connectivity index (χ4v) is 2.39. The summed E-state index contributed by atoms with van der Waals surface area (Å²) in [7, 11) is 0. The number of carbonyl (C=O) groups is 1. The fraction of sp³-hybridized carbons (Fsp3) is 0.533. The van der Waals surface area contributed by atoms with Crippen molar-refractivity contribution in [1.29, 1.82) is 0 Å². The molecule has 0 saturated heterocycles. The van der Waals surface area contributed by atoms with Gasteiger partial charge < -0.3 is 9.73 Å². The second-order valence-electron chi connectivity index (χ2n) is 4.90. The summed E-state index contributed by atoms with van der Waals surface area (Å²) in [5.74, 6) is 0.694. The molecule has 3 heteroatoms. The molecule has 0 bridgehead atoms. The highest BCUT2D eigenvalue weighted by Crippen LogP contribution is 2.17. The van der Waals surface area contributed by atoms with Gasteiger partial charge in [0.2, 0.25) is 5.91 Å². The number of nitrogens with one attached hydrogen (secondary N) is 1. The molecule has 0 aromatic carbocycles. The van der Waals surface area contributed by atoms with Gasteiger partial charge in [0.05, 0.1) is 6.26 Å². The molecule has 18 heavy (non-hydrogen) atoms. The first-order valence-corrected chi connectivity index (χ1v) is 6.87. The van der Waals surface area contributed by atoms with Crippen molar-refractivity contribution in [3.05, 3.63) is 30.2 Å². The molecule has 1 saturated carbocycles. The Morgan fingerprint density at radius 1 is 1.22 bits per heavy atom. The lowest BCUT2D eigenvalue weighted by Crippen LogP contribution is -2.34. The van der Waals surface area contributed by atoms with Gasteiger partial charge in [-0.15, -0.1) is 0 Å². The number of hydrogen-bond acceptors (Lipinski definition) is 2. The van der Waals surface area contributed by atoms with E-state index in [2.05, 4.69) is 5.32 Å². The molecule has 1 N–H and O–H groups in total. The van der Waals surface area contributed by atoms with Crippen molar-refractivity contribution in [1.82, 2.24) is 5.32 Å². The highest BCUT2D eigenvalue weighted by atomic mass is 16.3. The average Bonchev–Trinajstić information content (AvgIpc) is 2.83. The van der Waals surface area contributed by atoms with Crippen molar-refractivity contribution >= 4 is 12.0 Å². The van der Waals surface area contributed by atoms with Crippen LogP contribution in [-0.2, 0) is 4.79 Å². The van der Waals surface area contributed by atoms with Crippen LogP contribution in [0.1, 0.15) is 50.7 Å². The molecule has 3 nitrogen and oxygen atoms in total. The monoisotopic (exact) mass is 247 g/mol. The Morgan fingerprint density at radius 2 is 1.94 bits per heavy atom. The van der Waals surface area contributed by atoms with E-state index in [0.29, 0.717) is 11.8 Å². The molecule has 1 aliphatic carbocycles. The van der Waals surface area contributed by atoms with E-state index >= 15 is 0 Å². The predicted molar refractivity (Wildman–Crippen MR) is 72.0 cm³/mol. The van der Waals surface area contributed by atoms with Crippen LogP contribution in [0.25, 0.3) is 6.08 Å². The minimum Gasteiger partial charge on any atom is -0.465 e. The average molecular weight is 247 g/mol. The molecule has 0 radical (unpaired) electrons. The molecule has 1 fully saturated rings. The van der Waals surface area contributed by atoms with Crippen LogP contribution < -0.4 is 5.32 Å². The van der Waals surface area contributed by atoms with Crippen molar-refractivity contribution in [3.63, 3.8) is 0 Å². The molecule has 0 spiro atoms. The van der Waals surface area contributed by atoms with E-state index in [4.69, 9.17) is 4.42 Å². The van der Waals surface area contributed by atoms with Gasteiger partial charge in [0.25, 0.3) is 0 Å². The summed E-state index contributed by atoms with van der Waals surface area (Å²) in [4.78, 5) is 11.8. The van der Waals surface area contributed by atoms with Crippen LogP contribution in [0.2, 0.25) is 0 Å². The van der Waals surface area contributed by atoms with Crippen LogP contribution >= 0.6 is 0 Å². The Labute approximate surface area is 108 Å². The van der Waals surface area contributed by atoms with Gasteiger partial charge in [-0.2, -0.15) is 0 Å². The number of amides is 1. The first-order valence-electron chi connectivity index (χ1n) is 6.87. The zero-order chi connectivity index (χ0) is 12.6. The highest BCUT2D eigenvalue weighted by molar-refractivity contribution is 5.91. The summed E-state index contributed by atoms with van der Waals surface area (Å²) in [5, 5.41) is 3.08. The van der Waals surface area contributed by atoms with Gasteiger partial charge in [0.1, 0.15) is 5.76 Å². The molecular formula is C15H21NO2. The number of carbonyl (C=O) groups excluding carboxylic acids is 1. The summed E-state index contributed by atoms with van der Waals surface area (Å²) in [6.45, 7) is 0. The molecule has 98 valence electrons.